The lowest BCUT2D eigenvalue weighted by Crippen LogP contribution is -2.48. The van der Waals surface area contributed by atoms with E-state index in [0.717, 1.165) is 11.6 Å². The quantitative estimate of drug-likeness (QED) is 0.849. The number of alkyl halides is 3. The van der Waals surface area contributed by atoms with Gasteiger partial charge in [0.1, 0.15) is 4.88 Å². The molecule has 0 unspecified atom stereocenters. The minimum absolute atomic E-state index is 0.204. The minimum atomic E-state index is -4.40. The third-order valence-corrected chi connectivity index (χ3v) is 5.46. The summed E-state index contributed by atoms with van der Waals surface area (Å²) in [4.78, 5) is 4.64. The lowest BCUT2D eigenvalue weighted by Gasteiger charge is -2.33. The number of aromatic nitrogens is 1. The molecule has 0 aromatic carbocycles. The molecular formula is C10H12F3N3O2S2. The third-order valence-electron chi connectivity index (χ3n) is 2.85. The predicted octanol–water partition coefficient (Wildman–Crippen LogP) is 1.76. The summed E-state index contributed by atoms with van der Waals surface area (Å²) in [6.45, 7) is 4.25. The number of halogens is 3. The van der Waals surface area contributed by atoms with E-state index < -0.39 is 21.1 Å². The summed E-state index contributed by atoms with van der Waals surface area (Å²) in [7, 11) is -3.47. The van der Waals surface area contributed by atoms with E-state index in [1.54, 1.807) is 4.90 Å². The first-order valence-electron chi connectivity index (χ1n) is 5.64. The van der Waals surface area contributed by atoms with Crippen molar-refractivity contribution in [2.75, 3.05) is 31.1 Å². The molecule has 1 fully saturated rings. The van der Waals surface area contributed by atoms with E-state index in [0.29, 0.717) is 24.4 Å². The fraction of sp³-hybridized carbons (Fsp3) is 0.500. The molecule has 0 aliphatic carbocycles. The smallest absolute Gasteiger partial charge is 0.345 e. The van der Waals surface area contributed by atoms with Crippen LogP contribution in [0.5, 0.6) is 0 Å². The second kappa shape index (κ2) is 5.34. The van der Waals surface area contributed by atoms with Gasteiger partial charge in [-0.05, 0) is 0 Å². The molecule has 1 aliphatic heterocycles. The Morgan fingerprint density at radius 2 is 1.90 bits per heavy atom. The summed E-state index contributed by atoms with van der Waals surface area (Å²) < 4.78 is 61.8. The number of sulfonamides is 1. The van der Waals surface area contributed by atoms with E-state index in [4.69, 9.17) is 0 Å². The van der Waals surface area contributed by atoms with Crippen molar-refractivity contribution in [1.82, 2.24) is 9.29 Å². The lowest BCUT2D eigenvalue weighted by molar-refractivity contribution is -0.134. The molecule has 0 spiro atoms. The number of piperazine rings is 1. The molecule has 1 aromatic rings. The maximum atomic E-state index is 12.5. The Morgan fingerprint density at radius 3 is 2.35 bits per heavy atom. The average Bonchev–Trinajstić information content (AvgIpc) is 2.88. The fourth-order valence-corrected chi connectivity index (χ4v) is 3.50. The molecule has 0 bridgehead atoms. The maximum absolute atomic E-state index is 12.5. The van der Waals surface area contributed by atoms with Crippen LogP contribution >= 0.6 is 11.3 Å². The lowest BCUT2D eigenvalue weighted by atomic mass is 10.4. The number of hydrogen-bond acceptors (Lipinski definition) is 5. The van der Waals surface area contributed by atoms with Gasteiger partial charge in [-0.25, -0.2) is 13.4 Å². The Bertz CT molecular complexity index is 589. The first-order chi connectivity index (χ1) is 9.24. The van der Waals surface area contributed by atoms with E-state index in [-0.39, 0.29) is 18.2 Å². The van der Waals surface area contributed by atoms with Gasteiger partial charge in [0.25, 0.3) is 0 Å². The molecule has 2 rings (SSSR count). The van der Waals surface area contributed by atoms with Crippen LogP contribution in [0.2, 0.25) is 0 Å². The summed E-state index contributed by atoms with van der Waals surface area (Å²) >= 11 is 0.563. The van der Waals surface area contributed by atoms with Gasteiger partial charge in [0.15, 0.2) is 5.13 Å². The van der Waals surface area contributed by atoms with Crippen molar-refractivity contribution in [3.8, 4) is 0 Å². The van der Waals surface area contributed by atoms with Gasteiger partial charge in [-0.1, -0.05) is 17.9 Å². The van der Waals surface area contributed by atoms with E-state index in [9.17, 15) is 21.6 Å². The molecule has 1 aromatic heterocycles. The number of nitrogens with zero attached hydrogens (tertiary/aromatic N) is 3. The van der Waals surface area contributed by atoms with Crippen molar-refractivity contribution in [3.05, 3.63) is 23.1 Å². The van der Waals surface area contributed by atoms with Crippen molar-refractivity contribution in [1.29, 1.82) is 0 Å². The van der Waals surface area contributed by atoms with Crippen LogP contribution < -0.4 is 4.90 Å². The van der Waals surface area contributed by atoms with Gasteiger partial charge in [-0.15, -0.1) is 0 Å². The van der Waals surface area contributed by atoms with Gasteiger partial charge in [0.2, 0.25) is 10.0 Å². The summed E-state index contributed by atoms with van der Waals surface area (Å²) in [6, 6.07) is 0. The zero-order valence-electron chi connectivity index (χ0n) is 10.3. The molecule has 0 atom stereocenters. The summed E-state index contributed by atoms with van der Waals surface area (Å²) in [5.41, 5.74) is 0. The standard InChI is InChI=1S/C10H12F3N3O2S2/c1-2-20(17,18)16-5-3-15(4-6-16)9-14-7-8(19-9)10(11,12)13/h2,7H,1,3-6H2. The van der Waals surface area contributed by atoms with Crippen LogP contribution in [-0.2, 0) is 16.2 Å². The van der Waals surface area contributed by atoms with Gasteiger partial charge < -0.3 is 4.90 Å². The minimum Gasteiger partial charge on any atom is -0.345 e. The molecule has 5 nitrogen and oxygen atoms in total. The first-order valence-corrected chi connectivity index (χ1v) is 7.96. The number of anilines is 1. The van der Waals surface area contributed by atoms with Crippen LogP contribution in [0.4, 0.5) is 18.3 Å². The molecule has 0 amide bonds. The first kappa shape index (κ1) is 15.3. The average molecular weight is 327 g/mol. The molecule has 1 aliphatic rings. The molecule has 1 saturated heterocycles. The fourth-order valence-electron chi connectivity index (χ4n) is 1.78. The highest BCUT2D eigenvalue weighted by Crippen LogP contribution is 2.36. The van der Waals surface area contributed by atoms with Crippen LogP contribution in [-0.4, -0.2) is 43.9 Å². The van der Waals surface area contributed by atoms with E-state index >= 15 is 0 Å². The van der Waals surface area contributed by atoms with Crippen LogP contribution in [0.3, 0.4) is 0 Å². The van der Waals surface area contributed by atoms with Crippen molar-refractivity contribution < 1.29 is 21.6 Å². The van der Waals surface area contributed by atoms with E-state index in [2.05, 4.69) is 11.6 Å². The van der Waals surface area contributed by atoms with Gasteiger partial charge in [0.05, 0.1) is 6.20 Å². The van der Waals surface area contributed by atoms with Crippen LogP contribution in [0.25, 0.3) is 0 Å². The second-order valence-electron chi connectivity index (χ2n) is 4.10. The summed E-state index contributed by atoms with van der Waals surface area (Å²) in [5.74, 6) is 0. The normalized spacial score (nSPS) is 18.2. The van der Waals surface area contributed by atoms with Gasteiger partial charge >= 0.3 is 6.18 Å². The highest BCUT2D eigenvalue weighted by atomic mass is 32.2. The Labute approximate surface area is 118 Å². The van der Waals surface area contributed by atoms with Crippen molar-refractivity contribution in [2.24, 2.45) is 0 Å². The van der Waals surface area contributed by atoms with Gasteiger partial charge in [0, 0.05) is 31.6 Å². The van der Waals surface area contributed by atoms with Crippen LogP contribution in [0.15, 0.2) is 18.2 Å². The zero-order chi connectivity index (χ0) is 15.0. The Kier molecular flexibility index (Phi) is 4.07. The largest absolute Gasteiger partial charge is 0.427 e. The molecule has 20 heavy (non-hydrogen) atoms. The highest BCUT2D eigenvalue weighted by molar-refractivity contribution is 7.92. The van der Waals surface area contributed by atoms with Crippen LogP contribution in [0, 0.1) is 0 Å². The number of thiazole rings is 1. The monoisotopic (exact) mass is 327 g/mol. The molecule has 2 heterocycles. The summed E-state index contributed by atoms with van der Waals surface area (Å²) in [5, 5.41) is 1.13. The van der Waals surface area contributed by atoms with Crippen LogP contribution in [0.1, 0.15) is 4.88 Å². The van der Waals surface area contributed by atoms with Crippen molar-refractivity contribution in [2.45, 2.75) is 6.18 Å². The predicted molar refractivity (Wildman–Crippen MR) is 70.0 cm³/mol. The molecule has 0 saturated carbocycles. The van der Waals surface area contributed by atoms with Gasteiger partial charge in [-0.3, -0.25) is 0 Å². The zero-order valence-corrected chi connectivity index (χ0v) is 11.9. The topological polar surface area (TPSA) is 53.5 Å². The van der Waals surface area contributed by atoms with Gasteiger partial charge in [-0.2, -0.15) is 17.5 Å². The Morgan fingerprint density at radius 1 is 1.30 bits per heavy atom. The van der Waals surface area contributed by atoms with E-state index in [1.807, 2.05) is 0 Å². The SMILES string of the molecule is C=CS(=O)(=O)N1CCN(c2ncc(C(F)(F)F)s2)CC1. The molecule has 10 heteroatoms. The van der Waals surface area contributed by atoms with E-state index in [1.165, 1.54) is 4.31 Å². The maximum Gasteiger partial charge on any atom is 0.427 e. The van der Waals surface area contributed by atoms with Crippen molar-refractivity contribution in [3.63, 3.8) is 0 Å². The second-order valence-corrected chi connectivity index (χ2v) is 6.99. The Hall–Kier alpha value is -1.13. The number of hydrogen-bond donors (Lipinski definition) is 0. The Balaban J connectivity index is 2.04. The molecular weight excluding hydrogens is 315 g/mol. The number of rotatable bonds is 3. The molecule has 0 radical (unpaired) electrons. The third kappa shape index (κ3) is 3.13. The highest BCUT2D eigenvalue weighted by Gasteiger charge is 2.34. The molecule has 112 valence electrons. The van der Waals surface area contributed by atoms with Crippen molar-refractivity contribution >= 4 is 26.5 Å². The molecule has 0 N–H and O–H groups in total. The summed E-state index contributed by atoms with van der Waals surface area (Å²) in [6.07, 6.45) is -3.60.